The smallest absolute Gasteiger partial charge is 0.234 e. The van der Waals surface area contributed by atoms with Crippen molar-refractivity contribution < 1.29 is 4.79 Å². The van der Waals surface area contributed by atoms with Gasteiger partial charge in [-0.3, -0.25) is 9.20 Å². The topological polar surface area (TPSA) is 98.2 Å². The minimum atomic E-state index is -0.174. The lowest BCUT2D eigenvalue weighted by molar-refractivity contribution is -0.119. The van der Waals surface area contributed by atoms with Crippen LogP contribution in [0.2, 0.25) is 0 Å². The number of hydrogen-bond donors (Lipinski definition) is 2. The number of pyridine rings is 2. The molecule has 3 heterocycles. The predicted octanol–water partition coefficient (Wildman–Crippen LogP) is 3.49. The molecule has 0 unspecified atom stereocenters. The zero-order valence-corrected chi connectivity index (χ0v) is 17.6. The van der Waals surface area contributed by atoms with Crippen LogP contribution in [-0.4, -0.2) is 32.0 Å². The number of fused-ring (bicyclic) bond motifs is 3. The number of nitrogens with zero attached hydrogens (tertiary/aromatic N) is 4. The van der Waals surface area contributed by atoms with Gasteiger partial charge in [0.25, 0.3) is 0 Å². The fourth-order valence-electron chi connectivity index (χ4n) is 3.82. The fourth-order valence-corrected chi connectivity index (χ4v) is 3.82. The highest BCUT2D eigenvalue weighted by Crippen LogP contribution is 2.34. The zero-order chi connectivity index (χ0) is 22.1. The van der Waals surface area contributed by atoms with Crippen LogP contribution >= 0.6 is 0 Å². The lowest BCUT2D eigenvalue weighted by Crippen LogP contribution is -2.29. The van der Waals surface area contributed by atoms with E-state index in [2.05, 4.69) is 33.7 Å². The highest BCUT2D eigenvalue weighted by atomic mass is 16.1. The van der Waals surface area contributed by atoms with Crippen LogP contribution in [0.15, 0.2) is 72.9 Å². The summed E-state index contributed by atoms with van der Waals surface area (Å²) in [4.78, 5) is 16.5. The van der Waals surface area contributed by atoms with Crippen LogP contribution < -0.4 is 11.1 Å². The molecule has 0 spiro atoms. The number of amides is 1. The third-order valence-electron chi connectivity index (χ3n) is 5.53. The van der Waals surface area contributed by atoms with Crippen LogP contribution in [0.1, 0.15) is 11.4 Å². The number of nitrogens with two attached hydrogens (primary N) is 1. The minimum Gasteiger partial charge on any atom is -0.351 e. The summed E-state index contributed by atoms with van der Waals surface area (Å²) in [5.74, 6) is 0.663. The second-order valence-electron chi connectivity index (χ2n) is 7.62. The van der Waals surface area contributed by atoms with Crippen LogP contribution in [0.5, 0.6) is 0 Å². The first-order chi connectivity index (χ1) is 15.6. The number of carbonyl (C=O) groups excluding carboxylic acids is 1. The summed E-state index contributed by atoms with van der Waals surface area (Å²) < 4.78 is 1.98. The van der Waals surface area contributed by atoms with Crippen LogP contribution in [0.25, 0.3) is 38.9 Å². The van der Waals surface area contributed by atoms with Crippen molar-refractivity contribution in [3.8, 4) is 22.4 Å². The van der Waals surface area contributed by atoms with Crippen molar-refractivity contribution in [3.63, 3.8) is 0 Å². The van der Waals surface area contributed by atoms with Gasteiger partial charge in [-0.1, -0.05) is 54.6 Å². The van der Waals surface area contributed by atoms with E-state index >= 15 is 0 Å². The van der Waals surface area contributed by atoms with E-state index in [1.807, 2.05) is 66.1 Å². The second-order valence-corrected chi connectivity index (χ2v) is 7.62. The lowest BCUT2D eigenvalue weighted by atomic mass is 9.97. The molecule has 5 rings (SSSR count). The third-order valence-corrected chi connectivity index (χ3v) is 5.53. The average molecular weight is 422 g/mol. The molecule has 2 aromatic carbocycles. The van der Waals surface area contributed by atoms with Crippen LogP contribution in [0.3, 0.4) is 0 Å². The second kappa shape index (κ2) is 8.20. The summed E-state index contributed by atoms with van der Waals surface area (Å²) in [7, 11) is 0. The molecule has 0 aliphatic carbocycles. The summed E-state index contributed by atoms with van der Waals surface area (Å²) in [6.07, 6.45) is 1.95. The molecule has 3 N–H and O–H groups in total. The maximum absolute atomic E-state index is 11.4. The number of aromatic nitrogens is 4. The Hall–Kier alpha value is -4.10. The molecule has 0 saturated heterocycles. The molecule has 0 atom stereocenters. The lowest BCUT2D eigenvalue weighted by Gasteiger charge is -2.13. The molecule has 1 amide bonds. The summed E-state index contributed by atoms with van der Waals surface area (Å²) in [6.45, 7) is 2.36. The van der Waals surface area contributed by atoms with Gasteiger partial charge in [0.1, 0.15) is 5.82 Å². The largest absolute Gasteiger partial charge is 0.351 e. The molecule has 0 aliphatic heterocycles. The van der Waals surface area contributed by atoms with Gasteiger partial charge in [-0.05, 0) is 30.2 Å². The van der Waals surface area contributed by atoms with Gasteiger partial charge in [-0.25, -0.2) is 4.98 Å². The molecule has 0 saturated carbocycles. The predicted molar refractivity (Wildman–Crippen MR) is 125 cm³/mol. The summed E-state index contributed by atoms with van der Waals surface area (Å²) in [5, 5.41) is 12.3. The van der Waals surface area contributed by atoms with Crippen molar-refractivity contribution in [2.75, 3.05) is 6.54 Å². The molecule has 7 heteroatoms. The van der Waals surface area contributed by atoms with Gasteiger partial charge >= 0.3 is 0 Å². The third kappa shape index (κ3) is 3.59. The Morgan fingerprint density at radius 2 is 1.78 bits per heavy atom. The molecule has 7 nitrogen and oxygen atoms in total. The van der Waals surface area contributed by atoms with E-state index in [-0.39, 0.29) is 12.5 Å². The molecular formula is C25H22N6O. The van der Waals surface area contributed by atoms with Gasteiger partial charge in [0.2, 0.25) is 5.91 Å². The van der Waals surface area contributed by atoms with E-state index in [4.69, 9.17) is 10.7 Å². The van der Waals surface area contributed by atoms with Gasteiger partial charge < -0.3 is 11.1 Å². The zero-order valence-electron chi connectivity index (χ0n) is 17.6. The van der Waals surface area contributed by atoms with Crippen molar-refractivity contribution in [2.45, 2.75) is 13.5 Å². The van der Waals surface area contributed by atoms with Crippen molar-refractivity contribution in [3.05, 3.63) is 84.3 Å². The normalized spacial score (nSPS) is 11.2. The van der Waals surface area contributed by atoms with Crippen molar-refractivity contribution in [1.82, 2.24) is 24.9 Å². The molecule has 5 aromatic rings. The summed E-state index contributed by atoms with van der Waals surface area (Å²) in [6, 6.07) is 22.4. The van der Waals surface area contributed by atoms with Gasteiger partial charge in [-0.15, -0.1) is 10.2 Å². The Morgan fingerprint density at radius 1 is 1.00 bits per heavy atom. The first-order valence-electron chi connectivity index (χ1n) is 10.4. The Labute approximate surface area is 184 Å². The summed E-state index contributed by atoms with van der Waals surface area (Å²) >= 11 is 0. The maximum atomic E-state index is 11.4. The molecule has 0 fully saturated rings. The van der Waals surface area contributed by atoms with E-state index in [1.54, 1.807) is 0 Å². The molecular weight excluding hydrogens is 400 g/mol. The Kier molecular flexibility index (Phi) is 5.09. The van der Waals surface area contributed by atoms with Crippen LogP contribution in [-0.2, 0) is 11.3 Å². The van der Waals surface area contributed by atoms with Gasteiger partial charge in [0.05, 0.1) is 17.8 Å². The average Bonchev–Trinajstić information content (AvgIpc) is 3.23. The quantitative estimate of drug-likeness (QED) is 0.452. The number of hydrogen-bond acceptors (Lipinski definition) is 5. The standard InChI is InChI=1S/C25H22N6O/c1-16-29-30-25-21-13-20(18-5-3-2-4-6-18)24(28-22(21)11-12-31(16)25)19-9-7-17(8-10-19)15-27-23(32)14-26/h2-13H,14-15,26H2,1H3,(H,27,32). The van der Waals surface area contributed by atoms with Gasteiger partial charge in [0.15, 0.2) is 5.65 Å². The highest BCUT2D eigenvalue weighted by molar-refractivity contribution is 5.98. The molecule has 158 valence electrons. The molecule has 3 aromatic heterocycles. The molecule has 32 heavy (non-hydrogen) atoms. The van der Waals surface area contributed by atoms with Crippen molar-refractivity contribution >= 4 is 22.5 Å². The number of aryl methyl sites for hydroxylation is 1. The van der Waals surface area contributed by atoms with Crippen LogP contribution in [0.4, 0.5) is 0 Å². The maximum Gasteiger partial charge on any atom is 0.234 e. The fraction of sp³-hybridized carbons (Fsp3) is 0.120. The SMILES string of the molecule is Cc1nnc2c3cc(-c4ccccc4)c(-c4ccc(CNC(=O)CN)cc4)nc3ccn12. The number of benzene rings is 2. The first-order valence-corrected chi connectivity index (χ1v) is 10.4. The Bertz CT molecular complexity index is 1420. The van der Waals surface area contributed by atoms with E-state index in [0.29, 0.717) is 6.54 Å². The number of nitrogens with one attached hydrogen (secondary N) is 1. The molecule has 0 bridgehead atoms. The van der Waals surface area contributed by atoms with Crippen molar-refractivity contribution in [2.24, 2.45) is 5.73 Å². The molecule has 0 radical (unpaired) electrons. The number of carbonyl (C=O) groups is 1. The molecule has 0 aliphatic rings. The summed E-state index contributed by atoms with van der Waals surface area (Å²) in [5.41, 5.74) is 12.0. The van der Waals surface area contributed by atoms with E-state index in [1.165, 1.54) is 0 Å². The van der Waals surface area contributed by atoms with E-state index in [9.17, 15) is 4.79 Å². The minimum absolute atomic E-state index is 0.0155. The van der Waals surface area contributed by atoms with Gasteiger partial charge in [0, 0.05) is 29.3 Å². The first kappa shape index (κ1) is 19.8. The Balaban J connectivity index is 1.64. The highest BCUT2D eigenvalue weighted by Gasteiger charge is 2.15. The van der Waals surface area contributed by atoms with Crippen molar-refractivity contribution in [1.29, 1.82) is 0 Å². The van der Waals surface area contributed by atoms with Gasteiger partial charge in [-0.2, -0.15) is 0 Å². The Morgan fingerprint density at radius 3 is 2.53 bits per heavy atom. The van der Waals surface area contributed by atoms with Crippen LogP contribution in [0, 0.1) is 6.92 Å². The van der Waals surface area contributed by atoms with E-state index < -0.39 is 0 Å². The number of rotatable bonds is 5. The van der Waals surface area contributed by atoms with E-state index in [0.717, 1.165) is 50.3 Å². The monoisotopic (exact) mass is 422 g/mol.